The predicted octanol–water partition coefficient (Wildman–Crippen LogP) is 1.80. The number of fused-ring (bicyclic) bond motifs is 1. The number of carbonyl (C=O) groups is 2. The topological polar surface area (TPSA) is 93.4 Å². The number of hydrogen-bond acceptors (Lipinski definition) is 4. The maximum absolute atomic E-state index is 12.8. The Morgan fingerprint density at radius 1 is 1.03 bits per heavy atom. The predicted molar refractivity (Wildman–Crippen MR) is 115 cm³/mol. The highest BCUT2D eigenvalue weighted by atomic mass is 16.2. The molecule has 3 aromatic rings. The van der Waals surface area contributed by atoms with Gasteiger partial charge in [-0.3, -0.25) is 23.5 Å². The molecule has 2 aromatic carbocycles. The number of rotatable bonds is 6. The van der Waals surface area contributed by atoms with Gasteiger partial charge in [0.2, 0.25) is 11.8 Å². The Labute approximate surface area is 173 Å². The van der Waals surface area contributed by atoms with E-state index in [2.05, 4.69) is 5.32 Å². The van der Waals surface area contributed by atoms with Crippen LogP contribution in [0.2, 0.25) is 0 Å². The van der Waals surface area contributed by atoms with Crippen LogP contribution in [0.25, 0.3) is 10.9 Å². The van der Waals surface area contributed by atoms with Crippen LogP contribution in [0, 0.1) is 0 Å². The SMILES string of the molecule is CCn1c(=O)c2ccccc2n(CC(=O)Nc2cccc(CN(C)C(C)=O)c2)c1=O. The van der Waals surface area contributed by atoms with E-state index in [9.17, 15) is 19.2 Å². The second-order valence-electron chi connectivity index (χ2n) is 7.06. The van der Waals surface area contributed by atoms with Crippen molar-refractivity contribution in [1.82, 2.24) is 14.0 Å². The lowest BCUT2D eigenvalue weighted by Gasteiger charge is -2.16. The summed E-state index contributed by atoms with van der Waals surface area (Å²) in [6.45, 7) is 3.62. The summed E-state index contributed by atoms with van der Waals surface area (Å²) in [4.78, 5) is 51.0. The molecule has 8 nitrogen and oxygen atoms in total. The number of aromatic nitrogens is 2. The summed E-state index contributed by atoms with van der Waals surface area (Å²) in [5, 5.41) is 3.18. The Balaban J connectivity index is 1.87. The van der Waals surface area contributed by atoms with Crippen LogP contribution < -0.4 is 16.6 Å². The van der Waals surface area contributed by atoms with Crippen LogP contribution in [0.3, 0.4) is 0 Å². The summed E-state index contributed by atoms with van der Waals surface area (Å²) in [6, 6.07) is 13.9. The van der Waals surface area contributed by atoms with E-state index in [1.807, 2.05) is 6.07 Å². The first-order chi connectivity index (χ1) is 14.3. The zero-order valence-corrected chi connectivity index (χ0v) is 17.2. The van der Waals surface area contributed by atoms with Gasteiger partial charge in [0.1, 0.15) is 6.54 Å². The molecule has 0 spiro atoms. The highest BCUT2D eigenvalue weighted by Gasteiger charge is 2.14. The first-order valence-electron chi connectivity index (χ1n) is 9.64. The Bertz CT molecular complexity index is 1230. The molecule has 0 unspecified atom stereocenters. The lowest BCUT2D eigenvalue weighted by Crippen LogP contribution is -2.41. The van der Waals surface area contributed by atoms with Crippen LogP contribution in [0.4, 0.5) is 5.69 Å². The second kappa shape index (κ2) is 8.77. The van der Waals surface area contributed by atoms with Gasteiger partial charge in [-0.05, 0) is 36.8 Å². The summed E-state index contributed by atoms with van der Waals surface area (Å²) >= 11 is 0. The average Bonchev–Trinajstić information content (AvgIpc) is 2.71. The summed E-state index contributed by atoms with van der Waals surface area (Å²) < 4.78 is 2.43. The summed E-state index contributed by atoms with van der Waals surface area (Å²) in [5.74, 6) is -0.442. The maximum Gasteiger partial charge on any atom is 0.331 e. The summed E-state index contributed by atoms with van der Waals surface area (Å²) in [7, 11) is 1.70. The highest BCUT2D eigenvalue weighted by molar-refractivity contribution is 5.91. The molecule has 0 atom stereocenters. The monoisotopic (exact) mass is 408 g/mol. The molecular weight excluding hydrogens is 384 g/mol. The Morgan fingerprint density at radius 3 is 2.47 bits per heavy atom. The molecule has 8 heteroatoms. The average molecular weight is 408 g/mol. The van der Waals surface area contributed by atoms with E-state index in [1.54, 1.807) is 61.3 Å². The van der Waals surface area contributed by atoms with E-state index in [0.717, 1.165) is 10.1 Å². The molecule has 0 aliphatic carbocycles. The van der Waals surface area contributed by atoms with Crippen molar-refractivity contribution in [2.45, 2.75) is 33.5 Å². The zero-order valence-electron chi connectivity index (χ0n) is 17.2. The Hall–Kier alpha value is -3.68. The van der Waals surface area contributed by atoms with E-state index >= 15 is 0 Å². The van der Waals surface area contributed by atoms with Crippen molar-refractivity contribution >= 4 is 28.4 Å². The van der Waals surface area contributed by atoms with Crippen LogP contribution in [0.5, 0.6) is 0 Å². The van der Waals surface area contributed by atoms with E-state index in [-0.39, 0.29) is 30.5 Å². The van der Waals surface area contributed by atoms with Crippen molar-refractivity contribution in [3.05, 3.63) is 74.9 Å². The van der Waals surface area contributed by atoms with E-state index < -0.39 is 5.69 Å². The fraction of sp³-hybridized carbons (Fsp3) is 0.273. The molecule has 0 aliphatic heterocycles. The van der Waals surface area contributed by atoms with Gasteiger partial charge in [0.15, 0.2) is 0 Å². The standard InChI is InChI=1S/C22H24N4O4/c1-4-25-21(29)18-10-5-6-11-19(18)26(22(25)30)14-20(28)23-17-9-7-8-16(12-17)13-24(3)15(2)27/h5-12H,4,13-14H2,1-3H3,(H,23,28). The first-order valence-corrected chi connectivity index (χ1v) is 9.64. The molecule has 0 radical (unpaired) electrons. The van der Waals surface area contributed by atoms with Crippen LogP contribution >= 0.6 is 0 Å². The Kier molecular flexibility index (Phi) is 6.15. The van der Waals surface area contributed by atoms with E-state index in [1.165, 1.54) is 11.5 Å². The summed E-state index contributed by atoms with van der Waals surface area (Å²) in [5.41, 5.74) is 0.970. The third-order valence-electron chi connectivity index (χ3n) is 4.92. The molecule has 0 saturated heterocycles. The number of benzene rings is 2. The number of amides is 2. The van der Waals surface area contributed by atoms with Crippen LogP contribution in [0.1, 0.15) is 19.4 Å². The van der Waals surface area contributed by atoms with Gasteiger partial charge in [0.05, 0.1) is 10.9 Å². The second-order valence-corrected chi connectivity index (χ2v) is 7.06. The van der Waals surface area contributed by atoms with Gasteiger partial charge in [0, 0.05) is 32.7 Å². The van der Waals surface area contributed by atoms with Gasteiger partial charge < -0.3 is 10.2 Å². The quantitative estimate of drug-likeness (QED) is 0.673. The highest BCUT2D eigenvalue weighted by Crippen LogP contribution is 2.13. The summed E-state index contributed by atoms with van der Waals surface area (Å²) in [6.07, 6.45) is 0. The molecule has 1 aromatic heterocycles. The normalized spacial score (nSPS) is 10.8. The lowest BCUT2D eigenvalue weighted by atomic mass is 10.2. The number of nitrogens with one attached hydrogen (secondary N) is 1. The molecule has 30 heavy (non-hydrogen) atoms. The smallest absolute Gasteiger partial charge is 0.331 e. The van der Waals surface area contributed by atoms with Crippen molar-refractivity contribution in [3.63, 3.8) is 0 Å². The molecular formula is C22H24N4O4. The molecule has 2 amide bonds. The number of anilines is 1. The van der Waals surface area contributed by atoms with Gasteiger partial charge in [-0.2, -0.15) is 0 Å². The van der Waals surface area contributed by atoms with Gasteiger partial charge in [-0.15, -0.1) is 0 Å². The minimum atomic E-state index is -0.520. The number of carbonyl (C=O) groups excluding carboxylic acids is 2. The zero-order chi connectivity index (χ0) is 21.8. The molecule has 0 fully saturated rings. The molecule has 0 saturated carbocycles. The molecule has 1 heterocycles. The van der Waals surface area contributed by atoms with Gasteiger partial charge in [0.25, 0.3) is 5.56 Å². The minimum absolute atomic E-state index is 0.0539. The van der Waals surface area contributed by atoms with Gasteiger partial charge in [-0.25, -0.2) is 4.79 Å². The Morgan fingerprint density at radius 2 is 1.77 bits per heavy atom. The number of hydrogen-bond donors (Lipinski definition) is 1. The molecule has 0 bridgehead atoms. The van der Waals surface area contributed by atoms with Crippen molar-refractivity contribution in [2.75, 3.05) is 12.4 Å². The fourth-order valence-electron chi connectivity index (χ4n) is 3.28. The van der Waals surface area contributed by atoms with Crippen LogP contribution in [-0.4, -0.2) is 32.9 Å². The van der Waals surface area contributed by atoms with E-state index in [0.29, 0.717) is 23.1 Å². The van der Waals surface area contributed by atoms with Crippen LogP contribution in [0.15, 0.2) is 58.1 Å². The van der Waals surface area contributed by atoms with Crippen LogP contribution in [-0.2, 0) is 29.2 Å². The van der Waals surface area contributed by atoms with Crippen molar-refractivity contribution < 1.29 is 9.59 Å². The largest absolute Gasteiger partial charge is 0.342 e. The van der Waals surface area contributed by atoms with E-state index in [4.69, 9.17) is 0 Å². The third-order valence-corrected chi connectivity index (χ3v) is 4.92. The van der Waals surface area contributed by atoms with Gasteiger partial charge in [-0.1, -0.05) is 24.3 Å². The molecule has 0 aliphatic rings. The first kappa shape index (κ1) is 21.0. The van der Waals surface area contributed by atoms with Crippen molar-refractivity contribution in [2.24, 2.45) is 0 Å². The number of para-hydroxylation sites is 1. The van der Waals surface area contributed by atoms with Crippen molar-refractivity contribution in [1.29, 1.82) is 0 Å². The minimum Gasteiger partial charge on any atom is -0.342 e. The van der Waals surface area contributed by atoms with Gasteiger partial charge >= 0.3 is 5.69 Å². The molecule has 156 valence electrons. The number of nitrogens with zero attached hydrogens (tertiary/aromatic N) is 3. The molecule has 3 rings (SSSR count). The van der Waals surface area contributed by atoms with Crippen molar-refractivity contribution in [3.8, 4) is 0 Å². The third kappa shape index (κ3) is 4.32. The fourth-order valence-corrected chi connectivity index (χ4v) is 3.28. The maximum atomic E-state index is 12.8. The molecule has 1 N–H and O–H groups in total. The lowest BCUT2D eigenvalue weighted by molar-refractivity contribution is -0.128.